The maximum absolute atomic E-state index is 11.8. The molecule has 0 aliphatic heterocycles. The van der Waals surface area contributed by atoms with Gasteiger partial charge < -0.3 is 16.2 Å². The van der Waals surface area contributed by atoms with E-state index < -0.39 is 17.9 Å². The van der Waals surface area contributed by atoms with Crippen LogP contribution in [0, 0.1) is 0 Å². The molecule has 0 fully saturated rings. The van der Waals surface area contributed by atoms with Crippen LogP contribution in [-0.4, -0.2) is 23.0 Å². The van der Waals surface area contributed by atoms with Crippen molar-refractivity contribution >= 4 is 35.1 Å². The summed E-state index contributed by atoms with van der Waals surface area (Å²) < 4.78 is 0. The van der Waals surface area contributed by atoms with E-state index in [1.807, 2.05) is 0 Å². The molecular formula is C13H16Cl2N2O3. The van der Waals surface area contributed by atoms with Gasteiger partial charge in [0.15, 0.2) is 0 Å². The quantitative estimate of drug-likeness (QED) is 0.750. The average Bonchev–Trinajstić information content (AvgIpc) is 2.35. The topological polar surface area (TPSA) is 92.4 Å². The monoisotopic (exact) mass is 318 g/mol. The number of hydrogen-bond donors (Lipinski definition) is 3. The summed E-state index contributed by atoms with van der Waals surface area (Å²) in [6.07, 6.45) is -0.0626. The van der Waals surface area contributed by atoms with Crippen LogP contribution in [0.2, 0.25) is 10.0 Å². The smallest absolute Gasteiger partial charge is 0.303 e. The summed E-state index contributed by atoms with van der Waals surface area (Å²) in [4.78, 5) is 22.2. The summed E-state index contributed by atoms with van der Waals surface area (Å²) in [6, 6.07) is 3.78. The van der Waals surface area contributed by atoms with Crippen LogP contribution in [0.15, 0.2) is 18.2 Å². The highest BCUT2D eigenvalue weighted by Gasteiger charge is 2.18. The largest absolute Gasteiger partial charge is 0.481 e. The third kappa shape index (κ3) is 5.00. The molecule has 0 aliphatic rings. The molecule has 2 atom stereocenters. The first-order chi connectivity index (χ1) is 9.31. The minimum atomic E-state index is -0.984. The van der Waals surface area contributed by atoms with Crippen LogP contribution in [0.3, 0.4) is 0 Å². The van der Waals surface area contributed by atoms with Crippen molar-refractivity contribution in [3.63, 3.8) is 0 Å². The number of rotatable bonds is 6. The zero-order chi connectivity index (χ0) is 15.3. The van der Waals surface area contributed by atoms with Gasteiger partial charge in [0.05, 0.1) is 12.1 Å². The van der Waals surface area contributed by atoms with E-state index in [-0.39, 0.29) is 18.9 Å². The fourth-order valence-corrected chi connectivity index (χ4v) is 2.23. The van der Waals surface area contributed by atoms with Crippen LogP contribution < -0.4 is 11.1 Å². The van der Waals surface area contributed by atoms with Gasteiger partial charge in [0.25, 0.3) is 0 Å². The summed E-state index contributed by atoms with van der Waals surface area (Å²) in [6.45, 7) is 1.76. The Morgan fingerprint density at radius 2 is 2.05 bits per heavy atom. The normalized spacial score (nSPS) is 13.6. The summed E-state index contributed by atoms with van der Waals surface area (Å²) >= 11 is 11.8. The molecule has 0 aliphatic carbocycles. The minimum absolute atomic E-state index is 0.0856. The number of carboxylic acids is 1. The van der Waals surface area contributed by atoms with Crippen LogP contribution in [0.5, 0.6) is 0 Å². The molecule has 2 unspecified atom stereocenters. The number of hydrogen-bond acceptors (Lipinski definition) is 3. The van der Waals surface area contributed by atoms with Crippen molar-refractivity contribution in [2.75, 3.05) is 0 Å². The summed E-state index contributed by atoms with van der Waals surface area (Å²) in [5.74, 6) is -1.40. The van der Waals surface area contributed by atoms with E-state index >= 15 is 0 Å². The third-order valence-corrected chi connectivity index (χ3v) is 3.36. The Kier molecular flexibility index (Phi) is 6.26. The van der Waals surface area contributed by atoms with Gasteiger partial charge in [-0.05, 0) is 31.0 Å². The number of nitrogens with one attached hydrogen (secondary N) is 1. The van der Waals surface area contributed by atoms with Crippen molar-refractivity contribution in [3.05, 3.63) is 33.8 Å². The van der Waals surface area contributed by atoms with E-state index in [0.717, 1.165) is 5.56 Å². The molecule has 0 bridgehead atoms. The molecule has 5 nitrogen and oxygen atoms in total. The number of aliphatic carboxylic acids is 1. The Morgan fingerprint density at radius 3 is 2.60 bits per heavy atom. The van der Waals surface area contributed by atoms with Gasteiger partial charge >= 0.3 is 5.97 Å². The van der Waals surface area contributed by atoms with Gasteiger partial charge in [-0.15, -0.1) is 0 Å². The molecule has 0 heterocycles. The van der Waals surface area contributed by atoms with E-state index in [4.69, 9.17) is 34.0 Å². The minimum Gasteiger partial charge on any atom is -0.481 e. The Labute approximate surface area is 127 Å². The number of carbonyl (C=O) groups is 2. The molecule has 7 heteroatoms. The highest BCUT2D eigenvalue weighted by Crippen LogP contribution is 2.26. The molecule has 0 radical (unpaired) electrons. The lowest BCUT2D eigenvalue weighted by molar-refractivity contribution is -0.137. The molecule has 1 aromatic rings. The van der Waals surface area contributed by atoms with Gasteiger partial charge in [-0.2, -0.15) is 0 Å². The number of benzene rings is 1. The Bertz CT molecular complexity index is 508. The molecule has 4 N–H and O–H groups in total. The van der Waals surface area contributed by atoms with Crippen LogP contribution in [0.25, 0.3) is 0 Å². The second-order valence-electron chi connectivity index (χ2n) is 4.44. The predicted octanol–water partition coefficient (Wildman–Crippen LogP) is 2.36. The lowest BCUT2D eigenvalue weighted by atomic mass is 10.1. The number of amides is 1. The van der Waals surface area contributed by atoms with Gasteiger partial charge in [0.2, 0.25) is 5.91 Å². The number of carbonyl (C=O) groups excluding carboxylic acids is 1. The standard InChI is InChI=1S/C13H16Cl2N2O3/c1-7(9-3-2-8(14)6-10(9)15)17-13(20)11(16)4-5-12(18)19/h2-3,6-7,11H,4-5,16H2,1H3,(H,17,20)(H,18,19). The van der Waals surface area contributed by atoms with Crippen molar-refractivity contribution in [1.29, 1.82) is 0 Å². The summed E-state index contributed by atoms with van der Waals surface area (Å²) in [5, 5.41) is 12.2. The summed E-state index contributed by atoms with van der Waals surface area (Å²) in [5.41, 5.74) is 6.34. The van der Waals surface area contributed by atoms with E-state index in [0.29, 0.717) is 10.0 Å². The van der Waals surface area contributed by atoms with Gasteiger partial charge in [-0.3, -0.25) is 9.59 Å². The second kappa shape index (κ2) is 7.47. The van der Waals surface area contributed by atoms with Gasteiger partial charge in [-0.25, -0.2) is 0 Å². The molecule has 0 aromatic heterocycles. The lowest BCUT2D eigenvalue weighted by Crippen LogP contribution is -2.41. The zero-order valence-corrected chi connectivity index (χ0v) is 12.4. The maximum Gasteiger partial charge on any atom is 0.303 e. The average molecular weight is 319 g/mol. The zero-order valence-electron chi connectivity index (χ0n) is 10.9. The Hall–Kier alpha value is -1.30. The van der Waals surface area contributed by atoms with Gasteiger partial charge in [0, 0.05) is 16.5 Å². The van der Waals surface area contributed by atoms with Crippen molar-refractivity contribution in [3.8, 4) is 0 Å². The predicted molar refractivity (Wildman–Crippen MR) is 77.9 cm³/mol. The highest BCUT2D eigenvalue weighted by atomic mass is 35.5. The number of carboxylic acid groups (broad SMARTS) is 1. The first kappa shape index (κ1) is 16.8. The van der Waals surface area contributed by atoms with Gasteiger partial charge in [-0.1, -0.05) is 29.3 Å². The van der Waals surface area contributed by atoms with Crippen molar-refractivity contribution < 1.29 is 14.7 Å². The molecular weight excluding hydrogens is 303 g/mol. The highest BCUT2D eigenvalue weighted by molar-refractivity contribution is 6.35. The maximum atomic E-state index is 11.8. The van der Waals surface area contributed by atoms with Crippen LogP contribution in [0.4, 0.5) is 0 Å². The summed E-state index contributed by atoms with van der Waals surface area (Å²) in [7, 11) is 0. The Balaban J connectivity index is 2.63. The van der Waals surface area contributed by atoms with Crippen molar-refractivity contribution in [1.82, 2.24) is 5.32 Å². The van der Waals surface area contributed by atoms with E-state index in [1.54, 1.807) is 25.1 Å². The second-order valence-corrected chi connectivity index (χ2v) is 5.28. The Morgan fingerprint density at radius 1 is 1.40 bits per heavy atom. The number of nitrogens with two attached hydrogens (primary N) is 1. The SMILES string of the molecule is CC(NC(=O)C(N)CCC(=O)O)c1ccc(Cl)cc1Cl. The fraction of sp³-hybridized carbons (Fsp3) is 0.385. The molecule has 0 saturated carbocycles. The van der Waals surface area contributed by atoms with Crippen LogP contribution in [-0.2, 0) is 9.59 Å². The van der Waals surface area contributed by atoms with Crippen molar-refractivity contribution in [2.24, 2.45) is 5.73 Å². The number of halogens is 2. The molecule has 1 rings (SSSR count). The van der Waals surface area contributed by atoms with Crippen LogP contribution in [0.1, 0.15) is 31.4 Å². The molecule has 1 amide bonds. The lowest BCUT2D eigenvalue weighted by Gasteiger charge is -2.18. The van der Waals surface area contributed by atoms with E-state index in [2.05, 4.69) is 5.32 Å². The molecule has 1 aromatic carbocycles. The van der Waals surface area contributed by atoms with Gasteiger partial charge in [0.1, 0.15) is 0 Å². The third-order valence-electron chi connectivity index (χ3n) is 2.79. The first-order valence-electron chi connectivity index (χ1n) is 6.04. The first-order valence-corrected chi connectivity index (χ1v) is 6.79. The van der Waals surface area contributed by atoms with Crippen LogP contribution >= 0.6 is 23.2 Å². The molecule has 0 spiro atoms. The fourth-order valence-electron chi connectivity index (χ4n) is 1.66. The molecule has 20 heavy (non-hydrogen) atoms. The molecule has 0 saturated heterocycles. The van der Waals surface area contributed by atoms with E-state index in [9.17, 15) is 9.59 Å². The van der Waals surface area contributed by atoms with E-state index in [1.165, 1.54) is 0 Å². The van der Waals surface area contributed by atoms with Crippen molar-refractivity contribution in [2.45, 2.75) is 31.8 Å². The molecule has 110 valence electrons.